The van der Waals surface area contributed by atoms with E-state index in [1.165, 1.54) is 16.7 Å². The molecule has 3 aromatic carbocycles. The molecule has 0 amide bonds. The third kappa shape index (κ3) is 4.30. The topological polar surface area (TPSA) is 63.0 Å². The normalized spacial score (nSPS) is 14.7. The number of para-hydroxylation sites is 1. The smallest absolute Gasteiger partial charge is 0.256 e. The highest BCUT2D eigenvalue weighted by atomic mass is 16.7. The first-order valence-electron chi connectivity index (χ1n) is 10.9. The standard InChI is InChI=1S/C27H25NO5/c1-29-17-31-27-16-26(33-28-27)18-10-12-19(13-11-18)32-25-15-14-21-20(7-5-8-23(21)25)22-6-3-4-9-24(22)30-2/h3-13,16,25H,14-15,17H2,1-2H3. The molecule has 1 aromatic heterocycles. The van der Waals surface area contributed by atoms with Gasteiger partial charge in [-0.2, -0.15) is 0 Å². The highest BCUT2D eigenvalue weighted by Gasteiger charge is 2.27. The van der Waals surface area contributed by atoms with Crippen molar-refractivity contribution in [2.45, 2.75) is 18.9 Å². The van der Waals surface area contributed by atoms with Gasteiger partial charge in [-0.15, -0.1) is 0 Å². The minimum Gasteiger partial charge on any atom is -0.496 e. The minimum absolute atomic E-state index is 0.0137. The van der Waals surface area contributed by atoms with Crippen molar-refractivity contribution in [2.75, 3.05) is 21.0 Å². The SMILES string of the molecule is COCOc1cc(-c2ccc(OC3CCc4c(-c5ccccc5OC)cccc43)cc2)on1. The molecule has 168 valence electrons. The Hall–Kier alpha value is -3.77. The monoisotopic (exact) mass is 443 g/mol. The van der Waals surface area contributed by atoms with E-state index in [2.05, 4.69) is 29.4 Å². The number of hydrogen-bond acceptors (Lipinski definition) is 6. The fourth-order valence-electron chi connectivity index (χ4n) is 4.30. The average Bonchev–Trinajstić information content (AvgIpc) is 3.51. The summed E-state index contributed by atoms with van der Waals surface area (Å²) in [6.07, 6.45) is 1.92. The molecule has 6 heteroatoms. The van der Waals surface area contributed by atoms with E-state index < -0.39 is 0 Å². The number of ether oxygens (including phenoxy) is 4. The number of methoxy groups -OCH3 is 2. The van der Waals surface area contributed by atoms with Crippen molar-refractivity contribution in [3.8, 4) is 39.8 Å². The Kier molecular flexibility index (Phi) is 6.00. The fraction of sp³-hybridized carbons (Fsp3) is 0.222. The summed E-state index contributed by atoms with van der Waals surface area (Å²) in [6, 6.07) is 24.1. The van der Waals surface area contributed by atoms with Gasteiger partial charge in [-0.05, 0) is 65.0 Å². The number of fused-ring (bicyclic) bond motifs is 1. The first-order valence-corrected chi connectivity index (χ1v) is 10.9. The van der Waals surface area contributed by atoms with Crippen molar-refractivity contribution in [2.24, 2.45) is 0 Å². The molecule has 6 nitrogen and oxygen atoms in total. The lowest BCUT2D eigenvalue weighted by molar-refractivity contribution is 0.0453. The molecule has 0 spiro atoms. The van der Waals surface area contributed by atoms with Gasteiger partial charge in [0.1, 0.15) is 17.6 Å². The van der Waals surface area contributed by atoms with E-state index in [9.17, 15) is 0 Å². The van der Waals surface area contributed by atoms with Gasteiger partial charge in [-0.3, -0.25) is 0 Å². The van der Waals surface area contributed by atoms with Crippen LogP contribution in [-0.2, 0) is 11.2 Å². The molecule has 0 bridgehead atoms. The molecule has 1 aliphatic rings. The van der Waals surface area contributed by atoms with E-state index in [1.807, 2.05) is 42.5 Å². The zero-order chi connectivity index (χ0) is 22.6. The van der Waals surface area contributed by atoms with Gasteiger partial charge in [0.15, 0.2) is 12.6 Å². The lowest BCUT2D eigenvalue weighted by atomic mass is 9.96. The third-order valence-electron chi connectivity index (χ3n) is 5.84. The molecule has 4 aromatic rings. The van der Waals surface area contributed by atoms with E-state index in [1.54, 1.807) is 20.3 Å². The highest BCUT2D eigenvalue weighted by Crippen LogP contribution is 2.42. The number of nitrogens with zero attached hydrogens (tertiary/aromatic N) is 1. The van der Waals surface area contributed by atoms with Crippen molar-refractivity contribution in [1.82, 2.24) is 5.16 Å². The van der Waals surface area contributed by atoms with E-state index >= 15 is 0 Å². The van der Waals surface area contributed by atoms with E-state index in [0.717, 1.165) is 35.5 Å². The van der Waals surface area contributed by atoms with Crippen LogP contribution in [0.1, 0.15) is 23.7 Å². The number of aromatic nitrogens is 1. The molecule has 1 heterocycles. The van der Waals surface area contributed by atoms with Gasteiger partial charge in [0.25, 0.3) is 5.88 Å². The molecule has 0 saturated heterocycles. The Morgan fingerprint density at radius 2 is 1.76 bits per heavy atom. The van der Waals surface area contributed by atoms with E-state index in [4.69, 9.17) is 23.5 Å². The Balaban J connectivity index is 1.34. The second kappa shape index (κ2) is 9.38. The number of rotatable bonds is 8. The van der Waals surface area contributed by atoms with Crippen LogP contribution in [0.15, 0.2) is 77.3 Å². The van der Waals surface area contributed by atoms with E-state index in [0.29, 0.717) is 11.6 Å². The summed E-state index contributed by atoms with van der Waals surface area (Å²) in [5, 5.41) is 3.89. The summed E-state index contributed by atoms with van der Waals surface area (Å²) in [5.41, 5.74) is 5.78. The predicted octanol–water partition coefficient (Wildman–Crippen LogP) is 6.07. The Morgan fingerprint density at radius 1 is 0.939 bits per heavy atom. The van der Waals surface area contributed by atoms with Gasteiger partial charge >= 0.3 is 0 Å². The van der Waals surface area contributed by atoms with Crippen LogP contribution < -0.4 is 14.2 Å². The van der Waals surface area contributed by atoms with Crippen LogP contribution in [-0.4, -0.2) is 26.2 Å². The molecule has 0 saturated carbocycles. The molecule has 0 radical (unpaired) electrons. The average molecular weight is 443 g/mol. The molecule has 0 aliphatic heterocycles. The van der Waals surface area contributed by atoms with Crippen LogP contribution in [0.3, 0.4) is 0 Å². The maximum Gasteiger partial charge on any atom is 0.256 e. The Morgan fingerprint density at radius 3 is 2.58 bits per heavy atom. The van der Waals surface area contributed by atoms with Gasteiger partial charge in [0, 0.05) is 24.3 Å². The van der Waals surface area contributed by atoms with Crippen molar-refractivity contribution in [1.29, 1.82) is 0 Å². The summed E-state index contributed by atoms with van der Waals surface area (Å²) in [6.45, 7) is 0.125. The van der Waals surface area contributed by atoms with Crippen LogP contribution in [0.4, 0.5) is 0 Å². The van der Waals surface area contributed by atoms with Crippen LogP contribution in [0, 0.1) is 0 Å². The first-order chi connectivity index (χ1) is 16.3. The quantitative estimate of drug-likeness (QED) is 0.308. The molecular formula is C27H25NO5. The highest BCUT2D eigenvalue weighted by molar-refractivity contribution is 5.75. The van der Waals surface area contributed by atoms with Crippen LogP contribution in [0.25, 0.3) is 22.5 Å². The summed E-state index contributed by atoms with van der Waals surface area (Å²) in [4.78, 5) is 0. The van der Waals surface area contributed by atoms with Crippen molar-refractivity contribution < 1.29 is 23.5 Å². The molecule has 0 fully saturated rings. The molecule has 1 atom stereocenters. The van der Waals surface area contributed by atoms with E-state index in [-0.39, 0.29) is 12.9 Å². The maximum absolute atomic E-state index is 6.38. The molecule has 5 rings (SSSR count). The van der Waals surface area contributed by atoms with Gasteiger partial charge in [0.2, 0.25) is 0 Å². The van der Waals surface area contributed by atoms with Crippen molar-refractivity contribution >= 4 is 0 Å². The fourth-order valence-corrected chi connectivity index (χ4v) is 4.30. The Bertz CT molecular complexity index is 1230. The summed E-state index contributed by atoms with van der Waals surface area (Å²) >= 11 is 0. The van der Waals surface area contributed by atoms with Crippen LogP contribution >= 0.6 is 0 Å². The largest absolute Gasteiger partial charge is 0.496 e. The number of benzene rings is 3. The molecule has 1 aliphatic carbocycles. The number of hydrogen-bond donors (Lipinski definition) is 0. The second-order valence-electron chi connectivity index (χ2n) is 7.82. The lowest BCUT2D eigenvalue weighted by Gasteiger charge is -2.16. The molecular weight excluding hydrogens is 418 g/mol. The zero-order valence-corrected chi connectivity index (χ0v) is 18.6. The van der Waals surface area contributed by atoms with Crippen LogP contribution in [0.5, 0.6) is 17.4 Å². The summed E-state index contributed by atoms with van der Waals surface area (Å²) in [5.74, 6) is 2.71. The Labute approximate surface area is 192 Å². The molecule has 0 N–H and O–H groups in total. The third-order valence-corrected chi connectivity index (χ3v) is 5.84. The summed E-state index contributed by atoms with van der Waals surface area (Å²) < 4.78 is 27.5. The summed E-state index contributed by atoms with van der Waals surface area (Å²) in [7, 11) is 3.27. The van der Waals surface area contributed by atoms with Gasteiger partial charge < -0.3 is 23.5 Å². The predicted molar refractivity (Wildman–Crippen MR) is 125 cm³/mol. The van der Waals surface area contributed by atoms with Crippen LogP contribution in [0.2, 0.25) is 0 Å². The van der Waals surface area contributed by atoms with Gasteiger partial charge in [0.05, 0.1) is 7.11 Å². The van der Waals surface area contributed by atoms with Gasteiger partial charge in [-0.25, -0.2) is 0 Å². The minimum atomic E-state index is 0.0137. The van der Waals surface area contributed by atoms with Crippen molar-refractivity contribution in [3.63, 3.8) is 0 Å². The van der Waals surface area contributed by atoms with Gasteiger partial charge in [-0.1, -0.05) is 36.4 Å². The lowest BCUT2D eigenvalue weighted by Crippen LogP contribution is -2.03. The van der Waals surface area contributed by atoms with Crippen molar-refractivity contribution in [3.05, 3.63) is 83.9 Å². The second-order valence-corrected chi connectivity index (χ2v) is 7.82. The first kappa shape index (κ1) is 21.1. The molecule has 1 unspecified atom stereocenters. The maximum atomic E-state index is 6.38. The molecule has 33 heavy (non-hydrogen) atoms. The zero-order valence-electron chi connectivity index (χ0n) is 18.6.